The normalized spacial score (nSPS) is 18.5. The van der Waals surface area contributed by atoms with Crippen LogP contribution in [0.5, 0.6) is 0 Å². The minimum absolute atomic E-state index is 0.0000633. The van der Waals surface area contributed by atoms with Crippen LogP contribution in [0.1, 0.15) is 38.6 Å². The van der Waals surface area contributed by atoms with E-state index in [0.717, 1.165) is 30.8 Å². The van der Waals surface area contributed by atoms with Gasteiger partial charge in [-0.2, -0.15) is 0 Å². The predicted octanol–water partition coefficient (Wildman–Crippen LogP) is 1.44. The van der Waals surface area contributed by atoms with Crippen LogP contribution < -0.4 is 5.32 Å². The van der Waals surface area contributed by atoms with Crippen LogP contribution in [0, 0.1) is 0 Å². The summed E-state index contributed by atoms with van der Waals surface area (Å²) in [6.07, 6.45) is 5.31. The van der Waals surface area contributed by atoms with E-state index >= 15 is 0 Å². The third-order valence-electron chi connectivity index (χ3n) is 4.20. The molecule has 1 saturated carbocycles. The van der Waals surface area contributed by atoms with E-state index in [1.807, 2.05) is 0 Å². The minimum atomic E-state index is -0.266. The highest BCUT2D eigenvalue weighted by molar-refractivity contribution is 7.99. The molecule has 132 valence electrons. The third kappa shape index (κ3) is 4.40. The van der Waals surface area contributed by atoms with E-state index in [1.54, 1.807) is 18.2 Å². The number of amides is 2. The fraction of sp³-hybridized carbons (Fsp3) is 0.733. The molecule has 2 heterocycles. The topological polar surface area (TPSA) is 89.3 Å². The van der Waals surface area contributed by atoms with Crippen molar-refractivity contribution in [2.45, 2.75) is 49.8 Å². The lowest BCUT2D eigenvalue weighted by atomic mass is 10.1. The Morgan fingerprint density at radius 1 is 1.33 bits per heavy atom. The fourth-order valence-corrected chi connectivity index (χ4v) is 3.55. The first-order chi connectivity index (χ1) is 11.7. The molecule has 1 aromatic rings. The molecule has 2 aliphatic rings. The van der Waals surface area contributed by atoms with E-state index in [9.17, 15) is 9.59 Å². The van der Waals surface area contributed by atoms with E-state index in [4.69, 9.17) is 4.74 Å². The first-order valence-electron chi connectivity index (χ1n) is 8.40. The number of hydrogen-bond donors (Lipinski definition) is 1. The number of thioether (sulfide) groups is 1. The highest BCUT2D eigenvalue weighted by atomic mass is 32.2. The van der Waals surface area contributed by atoms with Crippen LogP contribution in [-0.2, 0) is 9.53 Å². The molecule has 8 nitrogen and oxygen atoms in total. The summed E-state index contributed by atoms with van der Waals surface area (Å²) in [6.45, 7) is 3.42. The Kier molecular flexibility index (Phi) is 5.60. The summed E-state index contributed by atoms with van der Waals surface area (Å²) in [4.78, 5) is 25.5. The summed E-state index contributed by atoms with van der Waals surface area (Å²) in [5.41, 5.74) is 0. The lowest BCUT2D eigenvalue weighted by Gasteiger charge is -2.31. The van der Waals surface area contributed by atoms with E-state index in [2.05, 4.69) is 20.1 Å². The molecule has 0 atom stereocenters. The molecule has 24 heavy (non-hydrogen) atoms. The maximum atomic E-state index is 12.1. The van der Waals surface area contributed by atoms with Gasteiger partial charge in [0, 0.05) is 25.2 Å². The number of ether oxygens (including phenoxy) is 1. The second-order valence-corrected chi connectivity index (χ2v) is 7.01. The van der Waals surface area contributed by atoms with Crippen molar-refractivity contribution in [3.63, 3.8) is 0 Å². The molecule has 1 aliphatic carbocycles. The second-order valence-electron chi connectivity index (χ2n) is 6.07. The monoisotopic (exact) mass is 353 g/mol. The van der Waals surface area contributed by atoms with Crippen molar-refractivity contribution in [3.8, 4) is 0 Å². The number of nitrogens with zero attached hydrogens (tertiary/aromatic N) is 4. The van der Waals surface area contributed by atoms with Crippen LogP contribution in [0.15, 0.2) is 11.5 Å². The zero-order valence-corrected chi connectivity index (χ0v) is 14.6. The maximum Gasteiger partial charge on any atom is 0.409 e. The first-order valence-corrected chi connectivity index (χ1v) is 9.39. The van der Waals surface area contributed by atoms with Crippen LogP contribution in [0.3, 0.4) is 0 Å². The van der Waals surface area contributed by atoms with E-state index < -0.39 is 0 Å². The van der Waals surface area contributed by atoms with Gasteiger partial charge in [0.05, 0.1) is 12.4 Å². The van der Waals surface area contributed by atoms with Crippen LogP contribution in [0.2, 0.25) is 0 Å². The van der Waals surface area contributed by atoms with Gasteiger partial charge in [-0.05, 0) is 32.6 Å². The zero-order chi connectivity index (χ0) is 16.9. The summed E-state index contributed by atoms with van der Waals surface area (Å²) in [6, 6.07) is 0.628. The van der Waals surface area contributed by atoms with E-state index in [1.165, 1.54) is 11.8 Å². The van der Waals surface area contributed by atoms with E-state index in [-0.39, 0.29) is 18.0 Å². The van der Waals surface area contributed by atoms with Gasteiger partial charge < -0.3 is 19.5 Å². The fourth-order valence-electron chi connectivity index (χ4n) is 2.76. The number of carbonyl (C=O) groups excluding carboxylic acids is 2. The summed E-state index contributed by atoms with van der Waals surface area (Å²) < 4.78 is 7.05. The van der Waals surface area contributed by atoms with Gasteiger partial charge in [-0.1, -0.05) is 11.8 Å². The van der Waals surface area contributed by atoms with Gasteiger partial charge in [-0.3, -0.25) is 4.79 Å². The molecule has 1 saturated heterocycles. The van der Waals surface area contributed by atoms with Crippen molar-refractivity contribution in [3.05, 3.63) is 6.33 Å². The first kappa shape index (κ1) is 17.1. The molecular formula is C15H23N5O3S. The van der Waals surface area contributed by atoms with Crippen LogP contribution in [0.25, 0.3) is 0 Å². The molecule has 3 rings (SSSR count). The number of rotatable bonds is 6. The third-order valence-corrected chi connectivity index (χ3v) is 5.16. The van der Waals surface area contributed by atoms with Gasteiger partial charge >= 0.3 is 6.09 Å². The molecule has 0 bridgehead atoms. The lowest BCUT2D eigenvalue weighted by Crippen LogP contribution is -2.47. The number of likely N-dealkylation sites (tertiary alicyclic amines) is 1. The maximum absolute atomic E-state index is 12.1. The summed E-state index contributed by atoms with van der Waals surface area (Å²) in [7, 11) is 0. The van der Waals surface area contributed by atoms with Gasteiger partial charge in [0.25, 0.3) is 0 Å². The summed E-state index contributed by atoms with van der Waals surface area (Å²) in [5, 5.41) is 11.9. The predicted molar refractivity (Wildman–Crippen MR) is 88.8 cm³/mol. The molecular weight excluding hydrogens is 330 g/mol. The van der Waals surface area contributed by atoms with Crippen molar-refractivity contribution in [2.75, 3.05) is 25.4 Å². The summed E-state index contributed by atoms with van der Waals surface area (Å²) >= 11 is 1.42. The van der Waals surface area contributed by atoms with Crippen LogP contribution in [-0.4, -0.2) is 63.2 Å². The van der Waals surface area contributed by atoms with E-state index in [0.29, 0.717) is 31.5 Å². The SMILES string of the molecule is CCOC(=O)N1CCC(NC(=O)CSc2nncn2C2CC2)CC1. The molecule has 2 fully saturated rings. The van der Waals surface area contributed by atoms with Gasteiger partial charge in [0.1, 0.15) is 6.33 Å². The molecule has 2 amide bonds. The second kappa shape index (κ2) is 7.87. The van der Waals surface area contributed by atoms with Crippen molar-refractivity contribution in [1.82, 2.24) is 25.0 Å². The van der Waals surface area contributed by atoms with Gasteiger partial charge in [-0.15, -0.1) is 10.2 Å². The van der Waals surface area contributed by atoms with Crippen LogP contribution in [0.4, 0.5) is 4.79 Å². The standard InChI is InChI=1S/C15H23N5O3S/c1-2-23-15(22)19-7-5-11(6-8-19)17-13(21)9-24-14-18-16-10-20(14)12-3-4-12/h10-12H,2-9H2,1H3,(H,17,21). The number of carbonyl (C=O) groups is 2. The Bertz CT molecular complexity index is 581. The molecule has 0 radical (unpaired) electrons. The van der Waals surface area contributed by atoms with Crippen molar-refractivity contribution >= 4 is 23.8 Å². The Hall–Kier alpha value is -1.77. The Labute approximate surface area is 145 Å². The average molecular weight is 353 g/mol. The largest absolute Gasteiger partial charge is 0.450 e. The zero-order valence-electron chi connectivity index (χ0n) is 13.8. The Morgan fingerprint density at radius 3 is 2.75 bits per heavy atom. The van der Waals surface area contributed by atoms with Gasteiger partial charge in [0.15, 0.2) is 5.16 Å². The molecule has 1 N–H and O–H groups in total. The molecule has 0 unspecified atom stereocenters. The van der Waals surface area contributed by atoms with Crippen molar-refractivity contribution < 1.29 is 14.3 Å². The number of aromatic nitrogens is 3. The molecule has 0 spiro atoms. The highest BCUT2D eigenvalue weighted by Crippen LogP contribution is 2.37. The average Bonchev–Trinajstić information content (AvgIpc) is 3.32. The van der Waals surface area contributed by atoms with Gasteiger partial charge in [0.2, 0.25) is 5.91 Å². The molecule has 1 aromatic heterocycles. The summed E-state index contributed by atoms with van der Waals surface area (Å²) in [5.74, 6) is 0.337. The smallest absolute Gasteiger partial charge is 0.409 e. The number of piperidine rings is 1. The quantitative estimate of drug-likeness (QED) is 0.779. The lowest BCUT2D eigenvalue weighted by molar-refractivity contribution is -0.119. The molecule has 0 aromatic carbocycles. The van der Waals surface area contributed by atoms with Gasteiger partial charge in [-0.25, -0.2) is 4.79 Å². The molecule has 1 aliphatic heterocycles. The Balaban J connectivity index is 1.38. The minimum Gasteiger partial charge on any atom is -0.450 e. The number of hydrogen-bond acceptors (Lipinski definition) is 6. The van der Waals surface area contributed by atoms with Crippen LogP contribution >= 0.6 is 11.8 Å². The highest BCUT2D eigenvalue weighted by Gasteiger charge is 2.27. The molecule has 9 heteroatoms. The van der Waals surface area contributed by atoms with Crippen molar-refractivity contribution in [1.29, 1.82) is 0 Å². The Morgan fingerprint density at radius 2 is 2.08 bits per heavy atom. The number of nitrogens with one attached hydrogen (secondary N) is 1. The van der Waals surface area contributed by atoms with Crippen molar-refractivity contribution in [2.24, 2.45) is 0 Å².